The molecule has 0 aliphatic rings. The van der Waals surface area contributed by atoms with Crippen molar-refractivity contribution in [1.29, 1.82) is 0 Å². The zero-order chi connectivity index (χ0) is 20.1. The van der Waals surface area contributed by atoms with E-state index in [2.05, 4.69) is 21.9 Å². The van der Waals surface area contributed by atoms with Crippen LogP contribution in [0.5, 0.6) is 0 Å². The second-order valence-electron chi connectivity index (χ2n) is 6.62. The van der Waals surface area contributed by atoms with Gasteiger partial charge < -0.3 is 10.3 Å². The molecule has 2 N–H and O–H groups in total. The number of amides is 2. The Balaban J connectivity index is 2.17. The third-order valence-electron chi connectivity index (χ3n) is 4.83. The maximum absolute atomic E-state index is 11.8. The van der Waals surface area contributed by atoms with Gasteiger partial charge in [-0.1, -0.05) is 37.3 Å². The van der Waals surface area contributed by atoms with Crippen LogP contribution in [0.2, 0.25) is 0 Å². The number of carbonyl (C=O) groups is 2. The van der Waals surface area contributed by atoms with E-state index >= 15 is 0 Å². The molecule has 0 spiro atoms. The standard InChI is InChI=1S/C22H21N3O3/c1-2-18-17(13-20(23)26)22-16(11-12-21(27)24-28)9-6-10-19(22)25(18)14-15-7-4-3-5-8-15/h3-4,6-7,9-10H,2,11-14H2,1H3,(H2,23,26). The van der Waals surface area contributed by atoms with E-state index in [1.807, 2.05) is 37.3 Å². The lowest BCUT2D eigenvalue weighted by molar-refractivity contribution is -0.118. The molecule has 1 aromatic heterocycles. The Morgan fingerprint density at radius 3 is 2.68 bits per heavy atom. The van der Waals surface area contributed by atoms with Crippen molar-refractivity contribution >= 4 is 22.7 Å². The molecule has 0 aliphatic heterocycles. The van der Waals surface area contributed by atoms with Crippen LogP contribution in [-0.4, -0.2) is 16.4 Å². The van der Waals surface area contributed by atoms with E-state index in [4.69, 9.17) is 5.73 Å². The van der Waals surface area contributed by atoms with Gasteiger partial charge in [0.15, 0.2) is 0 Å². The molecule has 0 fully saturated rings. The summed E-state index contributed by atoms with van der Waals surface area (Å²) in [7, 11) is 0. The van der Waals surface area contributed by atoms with Crippen LogP contribution in [0.4, 0.5) is 0 Å². The number of carbonyl (C=O) groups excluding carboxylic acids is 2. The van der Waals surface area contributed by atoms with Crippen LogP contribution < -0.4 is 5.73 Å². The molecule has 2 amide bonds. The number of primary amides is 1. The second kappa shape index (κ2) is 8.49. The van der Waals surface area contributed by atoms with Gasteiger partial charge in [-0.2, -0.15) is 0 Å². The number of nitrogens with zero attached hydrogens (tertiary/aromatic N) is 2. The van der Waals surface area contributed by atoms with Gasteiger partial charge in [0.2, 0.25) is 5.91 Å². The molecule has 0 atom stereocenters. The largest absolute Gasteiger partial charge is 0.369 e. The highest BCUT2D eigenvalue weighted by atomic mass is 16.3. The van der Waals surface area contributed by atoms with E-state index in [0.29, 0.717) is 13.0 Å². The minimum absolute atomic E-state index is 0.0344. The predicted molar refractivity (Wildman–Crippen MR) is 107 cm³/mol. The van der Waals surface area contributed by atoms with Crippen molar-refractivity contribution in [2.24, 2.45) is 10.9 Å². The molecule has 0 bridgehead atoms. The molecular weight excluding hydrogens is 354 g/mol. The third kappa shape index (κ3) is 3.94. The lowest BCUT2D eigenvalue weighted by Crippen LogP contribution is -2.15. The van der Waals surface area contributed by atoms with Gasteiger partial charge in [0.25, 0.3) is 5.91 Å². The molecule has 142 valence electrons. The Labute approximate surface area is 163 Å². The third-order valence-corrected chi connectivity index (χ3v) is 4.83. The van der Waals surface area contributed by atoms with Gasteiger partial charge in [0.1, 0.15) is 0 Å². The van der Waals surface area contributed by atoms with Crippen LogP contribution in [0.3, 0.4) is 0 Å². The zero-order valence-corrected chi connectivity index (χ0v) is 15.7. The van der Waals surface area contributed by atoms with E-state index in [1.54, 1.807) is 6.07 Å². The van der Waals surface area contributed by atoms with Gasteiger partial charge >= 0.3 is 0 Å². The predicted octanol–water partition coefficient (Wildman–Crippen LogP) is 3.11. The smallest absolute Gasteiger partial charge is 0.286 e. The Morgan fingerprint density at radius 1 is 1.21 bits per heavy atom. The molecular formula is C22H21N3O3. The van der Waals surface area contributed by atoms with Crippen molar-refractivity contribution in [3.05, 3.63) is 75.8 Å². The topological polar surface area (TPSA) is 94.5 Å². The zero-order valence-electron chi connectivity index (χ0n) is 15.7. The van der Waals surface area contributed by atoms with Crippen LogP contribution in [0.25, 0.3) is 10.9 Å². The maximum atomic E-state index is 11.8. The quantitative estimate of drug-likeness (QED) is 0.613. The molecule has 0 saturated heterocycles. The first kappa shape index (κ1) is 19.3. The molecule has 0 unspecified atom stereocenters. The molecule has 0 aliphatic carbocycles. The summed E-state index contributed by atoms with van der Waals surface area (Å²) in [4.78, 5) is 33.6. The first-order valence-corrected chi connectivity index (χ1v) is 9.18. The number of hydrogen-bond donors (Lipinski definition) is 1. The highest BCUT2D eigenvalue weighted by Gasteiger charge is 2.20. The monoisotopic (exact) mass is 375 g/mol. The fraction of sp³-hybridized carbons (Fsp3) is 0.273. The highest BCUT2D eigenvalue weighted by molar-refractivity contribution is 5.93. The van der Waals surface area contributed by atoms with Crippen molar-refractivity contribution in [2.75, 3.05) is 0 Å². The second-order valence-corrected chi connectivity index (χ2v) is 6.62. The minimum atomic E-state index is -0.682. The van der Waals surface area contributed by atoms with Gasteiger partial charge in [-0.3, -0.25) is 9.59 Å². The van der Waals surface area contributed by atoms with Gasteiger partial charge in [0.05, 0.1) is 13.0 Å². The first-order valence-electron chi connectivity index (χ1n) is 9.18. The number of hydrogen-bond acceptors (Lipinski definition) is 3. The number of aromatic nitrogens is 1. The molecule has 1 heterocycles. The Kier molecular flexibility index (Phi) is 5.85. The number of aryl methyl sites for hydroxylation is 1. The van der Waals surface area contributed by atoms with E-state index < -0.39 is 11.8 Å². The van der Waals surface area contributed by atoms with Gasteiger partial charge in [-0.05, 0) is 42.2 Å². The Bertz CT molecular complexity index is 1020. The van der Waals surface area contributed by atoms with Gasteiger partial charge in [0, 0.05) is 33.8 Å². The molecule has 0 radical (unpaired) electrons. The van der Waals surface area contributed by atoms with E-state index in [0.717, 1.165) is 39.7 Å². The maximum Gasteiger partial charge on any atom is 0.286 e. The number of fused-ring (bicyclic) bond motifs is 1. The van der Waals surface area contributed by atoms with Crippen molar-refractivity contribution < 1.29 is 9.59 Å². The van der Waals surface area contributed by atoms with Crippen molar-refractivity contribution in [3.8, 4) is 0 Å². The van der Waals surface area contributed by atoms with E-state index in [9.17, 15) is 14.5 Å². The normalized spacial score (nSPS) is 10.6. The summed E-state index contributed by atoms with van der Waals surface area (Å²) in [5, 5.41) is 3.40. The lowest BCUT2D eigenvalue weighted by Gasteiger charge is -2.10. The average molecular weight is 375 g/mol. The molecule has 3 aromatic rings. The number of benzene rings is 1. The fourth-order valence-corrected chi connectivity index (χ4v) is 3.71. The van der Waals surface area contributed by atoms with Gasteiger partial charge in [-0.15, -0.1) is 4.91 Å². The number of nitroso groups, excluding NO2 is 1. The minimum Gasteiger partial charge on any atom is -0.369 e. The van der Waals surface area contributed by atoms with Crippen molar-refractivity contribution in [1.82, 2.24) is 4.57 Å². The van der Waals surface area contributed by atoms with Crippen LogP contribution >= 0.6 is 0 Å². The van der Waals surface area contributed by atoms with E-state index in [-0.39, 0.29) is 12.8 Å². The summed E-state index contributed by atoms with van der Waals surface area (Å²) in [5.41, 5.74) is 10.3. The van der Waals surface area contributed by atoms with Gasteiger partial charge in [-0.25, -0.2) is 0 Å². The van der Waals surface area contributed by atoms with Crippen molar-refractivity contribution in [2.45, 2.75) is 39.2 Å². The average Bonchev–Trinajstić information content (AvgIpc) is 2.99. The SMILES string of the molecule is CCc1c(CC(N)=O)c2c(CCC(=O)N=O)cccc2n1Cc1c#cccc1. The molecule has 3 rings (SSSR count). The summed E-state index contributed by atoms with van der Waals surface area (Å²) in [6.07, 6.45) is 1.26. The summed E-state index contributed by atoms with van der Waals surface area (Å²) in [6.45, 7) is 2.63. The first-order chi connectivity index (χ1) is 13.5. The van der Waals surface area contributed by atoms with E-state index in [1.165, 1.54) is 0 Å². The Morgan fingerprint density at radius 2 is 2.04 bits per heavy atom. The van der Waals surface area contributed by atoms with Crippen LogP contribution in [0, 0.1) is 17.0 Å². The summed E-state index contributed by atoms with van der Waals surface area (Å²) >= 11 is 0. The molecule has 6 nitrogen and oxygen atoms in total. The van der Waals surface area contributed by atoms with Crippen LogP contribution in [0.15, 0.2) is 41.6 Å². The number of rotatable bonds is 8. The Hall–Kier alpha value is -3.46. The summed E-state index contributed by atoms with van der Waals surface area (Å²) in [6, 6.07) is 17.6. The highest BCUT2D eigenvalue weighted by Crippen LogP contribution is 2.31. The summed E-state index contributed by atoms with van der Waals surface area (Å²) < 4.78 is 2.16. The van der Waals surface area contributed by atoms with Crippen LogP contribution in [-0.2, 0) is 35.4 Å². The molecule has 28 heavy (non-hydrogen) atoms. The fourth-order valence-electron chi connectivity index (χ4n) is 3.71. The number of nitrogens with two attached hydrogens (primary N) is 1. The van der Waals surface area contributed by atoms with Crippen molar-refractivity contribution in [3.63, 3.8) is 0 Å². The summed E-state index contributed by atoms with van der Waals surface area (Å²) in [5.74, 6) is -1.09. The molecule has 0 saturated carbocycles. The van der Waals surface area contributed by atoms with Crippen LogP contribution in [0.1, 0.15) is 35.7 Å². The lowest BCUT2D eigenvalue weighted by atomic mass is 9.98. The molecule has 2 aromatic carbocycles. The molecule has 6 heteroatoms.